The largest absolute Gasteiger partial charge is 0.298 e. The van der Waals surface area contributed by atoms with E-state index >= 15 is 0 Å². The Hall–Kier alpha value is -1.21. The number of sulfone groups is 2. The van der Waals surface area contributed by atoms with E-state index in [1.165, 1.54) is 24.3 Å². The molecule has 0 radical (unpaired) electrons. The van der Waals surface area contributed by atoms with Gasteiger partial charge >= 0.3 is 0 Å². The maximum absolute atomic E-state index is 12.4. The highest BCUT2D eigenvalue weighted by Crippen LogP contribution is 2.27. The normalized spacial score (nSPS) is 20.9. The van der Waals surface area contributed by atoms with Crippen LogP contribution >= 0.6 is 0 Å². The van der Waals surface area contributed by atoms with Crippen molar-refractivity contribution in [2.24, 2.45) is 0 Å². The molecule has 0 aliphatic heterocycles. The first-order valence-electron chi connectivity index (χ1n) is 6.29. The summed E-state index contributed by atoms with van der Waals surface area (Å²) in [5, 5.41) is -0.986. The van der Waals surface area contributed by atoms with Crippen molar-refractivity contribution in [3.05, 3.63) is 24.3 Å². The quantitative estimate of drug-likeness (QED) is 0.841. The molecule has 2 rings (SSSR count). The van der Waals surface area contributed by atoms with E-state index in [2.05, 4.69) is 0 Å². The smallest absolute Gasteiger partial charge is 0.188 e. The molecule has 110 valence electrons. The number of Topliss-reactive ketones (excluding diaryl/α,β-unsaturated/α-hetero) is 1. The Kier molecular flexibility index (Phi) is 4.02. The molecule has 0 aromatic heterocycles. The molecule has 1 aromatic rings. The van der Waals surface area contributed by atoms with Gasteiger partial charge in [-0.25, -0.2) is 16.8 Å². The lowest BCUT2D eigenvalue weighted by Gasteiger charge is -2.20. The molecule has 1 atom stereocenters. The average molecular weight is 316 g/mol. The lowest BCUT2D eigenvalue weighted by atomic mass is 9.99. The summed E-state index contributed by atoms with van der Waals surface area (Å²) < 4.78 is 47.5. The second-order valence-electron chi connectivity index (χ2n) is 4.99. The summed E-state index contributed by atoms with van der Waals surface area (Å²) in [5.41, 5.74) is 0. The second kappa shape index (κ2) is 5.29. The Balaban J connectivity index is 2.37. The van der Waals surface area contributed by atoms with Gasteiger partial charge in [-0.05, 0) is 37.1 Å². The Morgan fingerprint density at radius 2 is 1.50 bits per heavy atom. The molecular formula is C13H16O5S2. The first kappa shape index (κ1) is 15.2. The molecular weight excluding hydrogens is 300 g/mol. The van der Waals surface area contributed by atoms with Gasteiger partial charge in [0.1, 0.15) is 5.25 Å². The molecule has 0 spiro atoms. The van der Waals surface area contributed by atoms with Crippen molar-refractivity contribution in [3.8, 4) is 0 Å². The van der Waals surface area contributed by atoms with Crippen LogP contribution in [0.5, 0.6) is 0 Å². The van der Waals surface area contributed by atoms with Crippen LogP contribution < -0.4 is 0 Å². The maximum Gasteiger partial charge on any atom is 0.188 e. The van der Waals surface area contributed by atoms with E-state index in [9.17, 15) is 21.6 Å². The van der Waals surface area contributed by atoms with E-state index in [1.54, 1.807) is 0 Å². The minimum Gasteiger partial charge on any atom is -0.298 e. The van der Waals surface area contributed by atoms with Crippen molar-refractivity contribution < 1.29 is 21.6 Å². The number of benzene rings is 1. The van der Waals surface area contributed by atoms with E-state index in [4.69, 9.17) is 0 Å². The minimum atomic E-state index is -3.72. The molecule has 1 aliphatic carbocycles. The Morgan fingerprint density at radius 1 is 0.950 bits per heavy atom. The van der Waals surface area contributed by atoms with Gasteiger partial charge in [-0.2, -0.15) is 0 Å². The summed E-state index contributed by atoms with van der Waals surface area (Å²) in [6.07, 6.45) is 3.15. The molecule has 1 fully saturated rings. The molecule has 0 heterocycles. The van der Waals surface area contributed by atoms with Crippen LogP contribution in [0.2, 0.25) is 0 Å². The average Bonchev–Trinajstić information content (AvgIpc) is 2.38. The van der Waals surface area contributed by atoms with Crippen molar-refractivity contribution in [3.63, 3.8) is 0 Å². The Labute approximate surface area is 118 Å². The van der Waals surface area contributed by atoms with E-state index < -0.39 is 24.9 Å². The zero-order valence-corrected chi connectivity index (χ0v) is 12.7. The fraction of sp³-hybridized carbons (Fsp3) is 0.462. The van der Waals surface area contributed by atoms with Crippen LogP contribution in [0.1, 0.15) is 25.7 Å². The van der Waals surface area contributed by atoms with E-state index in [1.807, 2.05) is 0 Å². The summed E-state index contributed by atoms with van der Waals surface area (Å²) in [6, 6.07) is 5.03. The molecule has 1 aromatic carbocycles. The number of carbonyl (C=O) groups is 1. The second-order valence-corrected chi connectivity index (χ2v) is 9.14. The van der Waals surface area contributed by atoms with Crippen molar-refractivity contribution in [2.75, 3.05) is 6.26 Å². The highest BCUT2D eigenvalue weighted by Gasteiger charge is 2.35. The third-order valence-electron chi connectivity index (χ3n) is 3.45. The topological polar surface area (TPSA) is 85.3 Å². The highest BCUT2D eigenvalue weighted by atomic mass is 32.2. The van der Waals surface area contributed by atoms with Gasteiger partial charge in [0.25, 0.3) is 0 Å². The van der Waals surface area contributed by atoms with Crippen molar-refractivity contribution >= 4 is 25.5 Å². The van der Waals surface area contributed by atoms with E-state index in [-0.39, 0.29) is 15.6 Å². The molecule has 1 unspecified atom stereocenters. The third kappa shape index (κ3) is 2.93. The summed E-state index contributed by atoms with van der Waals surface area (Å²) in [5.74, 6) is -0.247. The molecule has 20 heavy (non-hydrogen) atoms. The van der Waals surface area contributed by atoms with Gasteiger partial charge < -0.3 is 0 Å². The zero-order valence-electron chi connectivity index (χ0n) is 11.1. The number of hydrogen-bond acceptors (Lipinski definition) is 5. The Morgan fingerprint density at radius 3 is 2.00 bits per heavy atom. The SMILES string of the molecule is CS(=O)(=O)c1ccc(S(=O)(=O)C2CCCCC2=O)cc1. The molecule has 0 saturated heterocycles. The van der Waals surface area contributed by atoms with Gasteiger partial charge in [-0.15, -0.1) is 0 Å². The standard InChI is InChI=1S/C13H16O5S2/c1-19(15,16)10-6-8-11(9-7-10)20(17,18)13-5-3-2-4-12(13)14/h6-9,13H,2-5H2,1H3. The first-order chi connectivity index (χ1) is 9.23. The van der Waals surface area contributed by atoms with Crippen LogP contribution in [-0.2, 0) is 24.5 Å². The maximum atomic E-state index is 12.4. The monoisotopic (exact) mass is 316 g/mol. The molecule has 0 bridgehead atoms. The third-order valence-corrected chi connectivity index (χ3v) is 6.76. The molecule has 0 amide bonds. The van der Waals surface area contributed by atoms with Crippen LogP contribution in [0.4, 0.5) is 0 Å². The van der Waals surface area contributed by atoms with Crippen LogP contribution in [-0.4, -0.2) is 34.1 Å². The number of carbonyl (C=O) groups excluding carboxylic acids is 1. The minimum absolute atomic E-state index is 0.00477. The summed E-state index contributed by atoms with van der Waals surface area (Å²) >= 11 is 0. The van der Waals surface area contributed by atoms with Gasteiger partial charge in [0.2, 0.25) is 0 Å². The molecule has 5 nitrogen and oxygen atoms in total. The number of ketones is 1. The van der Waals surface area contributed by atoms with Gasteiger partial charge in [-0.1, -0.05) is 6.42 Å². The zero-order chi connectivity index (χ0) is 15.0. The lowest BCUT2D eigenvalue weighted by Crippen LogP contribution is -2.33. The molecule has 1 aliphatic rings. The van der Waals surface area contributed by atoms with E-state index in [0.717, 1.165) is 19.1 Å². The van der Waals surface area contributed by atoms with Crippen molar-refractivity contribution in [2.45, 2.75) is 40.7 Å². The van der Waals surface area contributed by atoms with Crippen molar-refractivity contribution in [1.29, 1.82) is 0 Å². The first-order valence-corrected chi connectivity index (χ1v) is 9.73. The fourth-order valence-electron chi connectivity index (χ4n) is 2.32. The van der Waals surface area contributed by atoms with Gasteiger partial charge in [0.15, 0.2) is 25.5 Å². The van der Waals surface area contributed by atoms with Gasteiger partial charge in [0, 0.05) is 12.7 Å². The lowest BCUT2D eigenvalue weighted by molar-refractivity contribution is -0.119. The highest BCUT2D eigenvalue weighted by molar-refractivity contribution is 7.93. The Bertz CT molecular complexity index is 715. The van der Waals surface area contributed by atoms with E-state index in [0.29, 0.717) is 12.8 Å². The van der Waals surface area contributed by atoms with Crippen LogP contribution in [0.25, 0.3) is 0 Å². The van der Waals surface area contributed by atoms with Crippen LogP contribution in [0.3, 0.4) is 0 Å². The predicted molar refractivity (Wildman–Crippen MR) is 74.0 cm³/mol. The molecule has 7 heteroatoms. The number of hydrogen-bond donors (Lipinski definition) is 0. The number of rotatable bonds is 3. The summed E-state index contributed by atoms with van der Waals surface area (Å²) in [4.78, 5) is 11.8. The van der Waals surface area contributed by atoms with Gasteiger partial charge in [-0.3, -0.25) is 4.79 Å². The molecule has 1 saturated carbocycles. The predicted octanol–water partition coefficient (Wildman–Crippen LogP) is 1.38. The molecule has 0 N–H and O–H groups in total. The fourth-order valence-corrected chi connectivity index (χ4v) is 4.74. The van der Waals surface area contributed by atoms with Crippen molar-refractivity contribution in [1.82, 2.24) is 0 Å². The van der Waals surface area contributed by atoms with Gasteiger partial charge in [0.05, 0.1) is 9.79 Å². The summed E-state index contributed by atoms with van der Waals surface area (Å²) in [6.45, 7) is 0. The van der Waals surface area contributed by atoms with Crippen LogP contribution in [0.15, 0.2) is 34.1 Å². The van der Waals surface area contributed by atoms with Crippen LogP contribution in [0, 0.1) is 0 Å². The summed E-state index contributed by atoms with van der Waals surface area (Å²) in [7, 11) is -7.08.